The lowest BCUT2D eigenvalue weighted by molar-refractivity contribution is 0.208. The fourth-order valence-corrected chi connectivity index (χ4v) is 3.58. The minimum Gasteiger partial charge on any atom is -0.338 e. The Kier molecular flexibility index (Phi) is 5.41. The van der Waals surface area contributed by atoms with Crippen molar-refractivity contribution < 1.29 is 4.79 Å². The topological polar surface area (TPSA) is 59.0 Å². The summed E-state index contributed by atoms with van der Waals surface area (Å²) in [4.78, 5) is 12.4. The fourth-order valence-electron chi connectivity index (χ4n) is 3.58. The second-order valence-electron chi connectivity index (χ2n) is 7.00. The van der Waals surface area contributed by atoms with Gasteiger partial charge >= 0.3 is 6.03 Å². The molecule has 0 saturated heterocycles. The Balaban J connectivity index is 1.55. The maximum atomic E-state index is 12.4. The van der Waals surface area contributed by atoms with Gasteiger partial charge in [0.05, 0.1) is 11.7 Å². The molecule has 2 aromatic rings. The average Bonchev–Trinajstić information content (AvgIpc) is 2.79. The van der Waals surface area contributed by atoms with Crippen molar-refractivity contribution in [2.75, 3.05) is 6.54 Å². The van der Waals surface area contributed by atoms with Crippen molar-refractivity contribution in [3.8, 4) is 0 Å². The molecular formula is C20H28N4O. The van der Waals surface area contributed by atoms with Gasteiger partial charge < -0.3 is 10.6 Å². The maximum absolute atomic E-state index is 12.4. The van der Waals surface area contributed by atoms with Crippen LogP contribution in [0.1, 0.15) is 47.8 Å². The summed E-state index contributed by atoms with van der Waals surface area (Å²) in [6.45, 7) is 4.70. The standard InChI is InChI=1S/C20H28N4O/c1-14-18(15(2)24(3)23-14)12-13-21-20(25)22-19(17-10-7-11-17)16-8-5-4-6-9-16/h4-6,8-9,17,19H,7,10-13H2,1-3H3,(H2,21,22,25)/t19-/m1/s1. The number of carbonyl (C=O) groups is 1. The van der Waals surface area contributed by atoms with Crippen LogP contribution in [0.4, 0.5) is 4.79 Å². The predicted molar refractivity (Wildman–Crippen MR) is 99.4 cm³/mol. The monoisotopic (exact) mass is 340 g/mol. The molecule has 1 fully saturated rings. The second kappa shape index (κ2) is 7.72. The highest BCUT2D eigenvalue weighted by atomic mass is 16.2. The van der Waals surface area contributed by atoms with Gasteiger partial charge in [0.25, 0.3) is 0 Å². The Morgan fingerprint density at radius 1 is 1.28 bits per heavy atom. The highest BCUT2D eigenvalue weighted by Gasteiger charge is 2.29. The molecule has 134 valence electrons. The van der Waals surface area contributed by atoms with Gasteiger partial charge in [-0.3, -0.25) is 4.68 Å². The first-order chi connectivity index (χ1) is 12.1. The van der Waals surface area contributed by atoms with Crippen LogP contribution in [0.3, 0.4) is 0 Å². The van der Waals surface area contributed by atoms with Crippen LogP contribution < -0.4 is 10.6 Å². The summed E-state index contributed by atoms with van der Waals surface area (Å²) in [5.41, 5.74) is 4.62. The first kappa shape index (κ1) is 17.5. The first-order valence-corrected chi connectivity index (χ1v) is 9.14. The number of nitrogens with one attached hydrogen (secondary N) is 2. The van der Waals surface area contributed by atoms with Crippen LogP contribution in [0.25, 0.3) is 0 Å². The maximum Gasteiger partial charge on any atom is 0.315 e. The van der Waals surface area contributed by atoms with Crippen LogP contribution >= 0.6 is 0 Å². The molecule has 2 N–H and O–H groups in total. The van der Waals surface area contributed by atoms with Crippen LogP contribution in [-0.4, -0.2) is 22.4 Å². The lowest BCUT2D eigenvalue weighted by Gasteiger charge is -2.34. The summed E-state index contributed by atoms with van der Waals surface area (Å²) in [6.07, 6.45) is 4.44. The number of aromatic nitrogens is 2. The minimum atomic E-state index is -0.0834. The van der Waals surface area contributed by atoms with Crippen molar-refractivity contribution in [2.45, 2.75) is 45.6 Å². The number of nitrogens with zero attached hydrogens (tertiary/aromatic N) is 2. The van der Waals surface area contributed by atoms with E-state index in [0.29, 0.717) is 12.5 Å². The van der Waals surface area contributed by atoms with Crippen molar-refractivity contribution in [1.29, 1.82) is 0 Å². The van der Waals surface area contributed by atoms with Crippen molar-refractivity contribution >= 4 is 6.03 Å². The van der Waals surface area contributed by atoms with E-state index in [0.717, 1.165) is 17.8 Å². The Morgan fingerprint density at radius 3 is 2.56 bits per heavy atom. The Labute approximate surface area is 149 Å². The molecule has 2 amide bonds. The zero-order chi connectivity index (χ0) is 17.8. The summed E-state index contributed by atoms with van der Waals surface area (Å²) >= 11 is 0. The molecule has 5 nitrogen and oxygen atoms in total. The molecule has 0 unspecified atom stereocenters. The molecule has 0 spiro atoms. The zero-order valence-electron chi connectivity index (χ0n) is 15.4. The number of carbonyl (C=O) groups excluding carboxylic acids is 1. The molecule has 0 radical (unpaired) electrons. The van der Waals surface area contributed by atoms with Gasteiger partial charge in [0, 0.05) is 19.3 Å². The second-order valence-corrected chi connectivity index (χ2v) is 7.00. The third kappa shape index (κ3) is 4.03. The molecule has 1 aliphatic rings. The van der Waals surface area contributed by atoms with Gasteiger partial charge in [-0.25, -0.2) is 4.79 Å². The van der Waals surface area contributed by atoms with Crippen molar-refractivity contribution in [2.24, 2.45) is 13.0 Å². The van der Waals surface area contributed by atoms with E-state index in [-0.39, 0.29) is 12.1 Å². The third-order valence-electron chi connectivity index (χ3n) is 5.39. The molecule has 0 bridgehead atoms. The fraction of sp³-hybridized carbons (Fsp3) is 0.500. The number of hydrogen-bond acceptors (Lipinski definition) is 2. The van der Waals surface area contributed by atoms with Crippen LogP contribution in [0, 0.1) is 19.8 Å². The average molecular weight is 340 g/mol. The van der Waals surface area contributed by atoms with Crippen LogP contribution in [-0.2, 0) is 13.5 Å². The molecule has 3 rings (SSSR count). The molecule has 1 atom stereocenters. The van der Waals surface area contributed by atoms with Crippen molar-refractivity contribution in [3.63, 3.8) is 0 Å². The van der Waals surface area contributed by atoms with Gasteiger partial charge in [0.2, 0.25) is 0 Å². The lowest BCUT2D eigenvalue weighted by atomic mass is 9.77. The summed E-state index contributed by atoms with van der Waals surface area (Å²) in [6, 6.07) is 10.3. The van der Waals surface area contributed by atoms with Crippen LogP contribution in [0.2, 0.25) is 0 Å². The van der Waals surface area contributed by atoms with E-state index in [1.807, 2.05) is 36.9 Å². The Hall–Kier alpha value is -2.30. The number of benzene rings is 1. The molecular weight excluding hydrogens is 312 g/mol. The highest BCUT2D eigenvalue weighted by molar-refractivity contribution is 5.74. The largest absolute Gasteiger partial charge is 0.338 e. The van der Waals surface area contributed by atoms with E-state index >= 15 is 0 Å². The summed E-state index contributed by atoms with van der Waals surface area (Å²) < 4.78 is 1.90. The van der Waals surface area contributed by atoms with Gasteiger partial charge in [-0.05, 0) is 50.2 Å². The molecule has 25 heavy (non-hydrogen) atoms. The predicted octanol–water partition coefficient (Wildman–Crippen LogP) is 3.42. The first-order valence-electron chi connectivity index (χ1n) is 9.14. The van der Waals surface area contributed by atoms with E-state index in [1.54, 1.807) is 0 Å². The number of aryl methyl sites for hydroxylation is 2. The zero-order valence-corrected chi connectivity index (χ0v) is 15.4. The summed E-state index contributed by atoms with van der Waals surface area (Å²) in [7, 11) is 1.95. The van der Waals surface area contributed by atoms with E-state index < -0.39 is 0 Å². The molecule has 5 heteroatoms. The lowest BCUT2D eigenvalue weighted by Crippen LogP contribution is -2.42. The minimum absolute atomic E-state index is 0.0834. The van der Waals surface area contributed by atoms with Gasteiger partial charge in [-0.15, -0.1) is 0 Å². The van der Waals surface area contributed by atoms with E-state index in [2.05, 4.69) is 34.8 Å². The van der Waals surface area contributed by atoms with E-state index in [4.69, 9.17) is 0 Å². The summed E-state index contributed by atoms with van der Waals surface area (Å²) in [5, 5.41) is 10.6. The molecule has 1 aliphatic carbocycles. The van der Waals surface area contributed by atoms with Crippen LogP contribution in [0.5, 0.6) is 0 Å². The van der Waals surface area contributed by atoms with Crippen LogP contribution in [0.15, 0.2) is 30.3 Å². The van der Waals surface area contributed by atoms with Gasteiger partial charge in [0.15, 0.2) is 0 Å². The molecule has 1 heterocycles. The molecule has 1 aromatic heterocycles. The Morgan fingerprint density at radius 2 is 2.00 bits per heavy atom. The van der Waals surface area contributed by atoms with E-state index in [1.165, 1.54) is 30.4 Å². The van der Waals surface area contributed by atoms with Crippen molar-refractivity contribution in [1.82, 2.24) is 20.4 Å². The molecule has 1 aromatic carbocycles. The van der Waals surface area contributed by atoms with Gasteiger partial charge in [-0.2, -0.15) is 5.10 Å². The normalized spacial score (nSPS) is 15.5. The Bertz CT molecular complexity index is 719. The van der Waals surface area contributed by atoms with Crippen molar-refractivity contribution in [3.05, 3.63) is 52.8 Å². The third-order valence-corrected chi connectivity index (χ3v) is 5.39. The SMILES string of the molecule is Cc1nn(C)c(C)c1CCNC(=O)N[C@H](c1ccccc1)C1CCC1. The molecule has 0 aliphatic heterocycles. The van der Waals surface area contributed by atoms with Gasteiger partial charge in [-0.1, -0.05) is 36.8 Å². The number of urea groups is 1. The highest BCUT2D eigenvalue weighted by Crippen LogP contribution is 2.37. The number of rotatable bonds is 6. The van der Waals surface area contributed by atoms with E-state index in [9.17, 15) is 4.79 Å². The quantitative estimate of drug-likeness (QED) is 0.846. The van der Waals surface area contributed by atoms with Gasteiger partial charge in [0.1, 0.15) is 0 Å². The number of amides is 2. The smallest absolute Gasteiger partial charge is 0.315 e. The number of hydrogen-bond donors (Lipinski definition) is 2. The molecule has 1 saturated carbocycles. The summed E-state index contributed by atoms with van der Waals surface area (Å²) in [5.74, 6) is 0.552.